The van der Waals surface area contributed by atoms with Crippen molar-refractivity contribution in [3.8, 4) is 22.8 Å². The number of rotatable bonds is 5. The number of benzene rings is 2. The molecule has 170 valence electrons. The molecule has 4 aromatic rings. The molecule has 0 spiro atoms. The van der Waals surface area contributed by atoms with E-state index in [4.69, 9.17) is 13.9 Å². The molecule has 0 fully saturated rings. The normalized spacial score (nSPS) is 11.6. The number of fused-ring (bicyclic) bond motifs is 1. The molecule has 0 saturated carbocycles. The van der Waals surface area contributed by atoms with Gasteiger partial charge in [-0.05, 0) is 56.2 Å². The third kappa shape index (κ3) is 4.40. The molecule has 2 heterocycles. The Morgan fingerprint density at radius 1 is 1.15 bits per heavy atom. The van der Waals surface area contributed by atoms with Crippen LogP contribution < -0.4 is 15.5 Å². The summed E-state index contributed by atoms with van der Waals surface area (Å²) in [6.45, 7) is 5.74. The maximum Gasteiger partial charge on any atom is 0.350 e. The minimum Gasteiger partial charge on any atom is -0.504 e. The second-order valence-corrected chi connectivity index (χ2v) is 8.49. The van der Waals surface area contributed by atoms with Gasteiger partial charge in [0.05, 0.1) is 25.3 Å². The van der Waals surface area contributed by atoms with Gasteiger partial charge in [0.1, 0.15) is 16.2 Å². The summed E-state index contributed by atoms with van der Waals surface area (Å²) >= 11 is 1.17. The first-order valence-electron chi connectivity index (χ1n) is 10.1. The highest BCUT2D eigenvalue weighted by Crippen LogP contribution is 2.32. The quantitative estimate of drug-likeness (QED) is 0.319. The van der Waals surface area contributed by atoms with Gasteiger partial charge < -0.3 is 19.0 Å². The van der Waals surface area contributed by atoms with Crippen molar-refractivity contribution in [2.75, 3.05) is 19.6 Å². The number of nitrogens with zero attached hydrogens (tertiary/aromatic N) is 2. The fourth-order valence-electron chi connectivity index (χ4n) is 3.58. The van der Waals surface area contributed by atoms with Crippen molar-refractivity contribution in [2.24, 2.45) is 5.10 Å². The summed E-state index contributed by atoms with van der Waals surface area (Å²) in [5, 5.41) is 16.5. The molecule has 0 bridgehead atoms. The number of methoxy groups -OCH3 is 2. The van der Waals surface area contributed by atoms with Gasteiger partial charge in [-0.25, -0.2) is 9.78 Å². The first kappa shape index (κ1) is 22.3. The standard InChI is InChI=1S/C24H23N3O5S/c1-12-8-13(2)21-16(26-27-24-25-14(3)22(33-24)23(29)31-5)11-18(32-20(21)9-12)15-6-7-17(28)19(10-15)30-4/h6-11,28H,1-5H3,(H,25,27). The highest BCUT2D eigenvalue weighted by Gasteiger charge is 2.16. The highest BCUT2D eigenvalue weighted by atomic mass is 32.1. The monoisotopic (exact) mass is 465 g/mol. The molecule has 0 aliphatic carbocycles. The maximum absolute atomic E-state index is 11.9. The van der Waals surface area contributed by atoms with Gasteiger partial charge >= 0.3 is 5.97 Å². The number of hydrogen-bond acceptors (Lipinski definition) is 9. The summed E-state index contributed by atoms with van der Waals surface area (Å²) in [5.74, 6) is 0.503. The van der Waals surface area contributed by atoms with E-state index in [2.05, 4.69) is 21.6 Å². The molecule has 0 atom stereocenters. The second kappa shape index (κ2) is 8.95. The number of aromatic hydroxyl groups is 1. The van der Waals surface area contributed by atoms with E-state index in [-0.39, 0.29) is 5.75 Å². The van der Waals surface area contributed by atoms with Crippen molar-refractivity contribution in [1.82, 2.24) is 4.98 Å². The Hall–Kier alpha value is -3.85. The van der Waals surface area contributed by atoms with Crippen LogP contribution in [0.4, 0.5) is 5.13 Å². The van der Waals surface area contributed by atoms with Crippen LogP contribution in [0.1, 0.15) is 26.5 Å². The highest BCUT2D eigenvalue weighted by molar-refractivity contribution is 7.17. The van der Waals surface area contributed by atoms with E-state index in [1.807, 2.05) is 26.0 Å². The number of carbonyl (C=O) groups is 1. The lowest BCUT2D eigenvalue weighted by atomic mass is 10.0. The summed E-state index contributed by atoms with van der Waals surface area (Å²) in [6, 6.07) is 10.8. The summed E-state index contributed by atoms with van der Waals surface area (Å²) in [7, 11) is 2.83. The predicted molar refractivity (Wildman–Crippen MR) is 127 cm³/mol. The molecular formula is C24H23N3O5S. The van der Waals surface area contributed by atoms with E-state index >= 15 is 0 Å². The number of carbonyl (C=O) groups excluding carboxylic acids is 1. The van der Waals surface area contributed by atoms with Crippen LogP contribution in [0.15, 0.2) is 45.9 Å². The predicted octanol–water partition coefficient (Wildman–Crippen LogP) is 4.91. The minimum absolute atomic E-state index is 0.0425. The molecule has 33 heavy (non-hydrogen) atoms. The van der Waals surface area contributed by atoms with Crippen LogP contribution in [0.5, 0.6) is 11.5 Å². The zero-order chi connectivity index (χ0) is 23.7. The summed E-state index contributed by atoms with van der Waals surface area (Å²) < 4.78 is 16.3. The Kier molecular flexibility index (Phi) is 6.06. The first-order valence-corrected chi connectivity index (χ1v) is 10.9. The van der Waals surface area contributed by atoms with Crippen molar-refractivity contribution in [3.63, 3.8) is 0 Å². The van der Waals surface area contributed by atoms with Crippen LogP contribution in [0.3, 0.4) is 0 Å². The van der Waals surface area contributed by atoms with Gasteiger partial charge in [-0.2, -0.15) is 5.10 Å². The molecule has 0 aliphatic heterocycles. The lowest BCUT2D eigenvalue weighted by molar-refractivity contribution is 0.0605. The number of phenolic OH excluding ortho intramolecular Hbond substituents is 1. The van der Waals surface area contributed by atoms with Crippen molar-refractivity contribution < 1.29 is 23.8 Å². The largest absolute Gasteiger partial charge is 0.504 e. The minimum atomic E-state index is -0.433. The third-order valence-electron chi connectivity index (χ3n) is 5.09. The van der Waals surface area contributed by atoms with Gasteiger partial charge in [0.25, 0.3) is 0 Å². The van der Waals surface area contributed by atoms with Gasteiger partial charge in [-0.15, -0.1) is 0 Å². The lowest BCUT2D eigenvalue weighted by Crippen LogP contribution is -2.09. The van der Waals surface area contributed by atoms with Crippen LogP contribution in [-0.4, -0.2) is 30.3 Å². The number of phenols is 1. The molecule has 0 radical (unpaired) electrons. The number of ether oxygens (including phenoxy) is 2. The molecule has 4 rings (SSSR count). The summed E-state index contributed by atoms with van der Waals surface area (Å²) in [4.78, 5) is 16.7. The zero-order valence-electron chi connectivity index (χ0n) is 18.8. The second-order valence-electron chi connectivity index (χ2n) is 7.49. The average molecular weight is 466 g/mol. The first-order chi connectivity index (χ1) is 15.8. The molecule has 2 aromatic heterocycles. The number of anilines is 1. The molecule has 0 saturated heterocycles. The van der Waals surface area contributed by atoms with Crippen LogP contribution in [0.2, 0.25) is 0 Å². The van der Waals surface area contributed by atoms with E-state index in [9.17, 15) is 9.90 Å². The van der Waals surface area contributed by atoms with E-state index in [1.54, 1.807) is 25.1 Å². The zero-order valence-corrected chi connectivity index (χ0v) is 19.7. The van der Waals surface area contributed by atoms with Crippen molar-refractivity contribution >= 4 is 33.4 Å². The van der Waals surface area contributed by atoms with Gasteiger partial charge in [0.15, 0.2) is 11.5 Å². The summed E-state index contributed by atoms with van der Waals surface area (Å²) in [6.07, 6.45) is 0. The SMILES string of the molecule is COC(=O)c1sc(NN=c2cc(-c3ccc(O)c(OC)c3)oc3cc(C)cc(C)c23)nc1C. The van der Waals surface area contributed by atoms with E-state index in [0.717, 1.165) is 22.1 Å². The van der Waals surface area contributed by atoms with Crippen molar-refractivity contribution in [1.29, 1.82) is 0 Å². The van der Waals surface area contributed by atoms with Gasteiger partial charge in [-0.3, -0.25) is 5.43 Å². The van der Waals surface area contributed by atoms with Crippen LogP contribution in [-0.2, 0) is 4.74 Å². The topological polar surface area (TPSA) is 106 Å². The summed E-state index contributed by atoms with van der Waals surface area (Å²) in [5.41, 5.74) is 6.99. The lowest BCUT2D eigenvalue weighted by Gasteiger charge is -2.10. The Morgan fingerprint density at radius 2 is 1.94 bits per heavy atom. The van der Waals surface area contributed by atoms with Gasteiger partial charge in [0.2, 0.25) is 5.13 Å². The average Bonchev–Trinajstić information content (AvgIpc) is 3.17. The van der Waals surface area contributed by atoms with Gasteiger partial charge in [0, 0.05) is 17.0 Å². The smallest absolute Gasteiger partial charge is 0.350 e. The number of esters is 1. The molecule has 8 nitrogen and oxygen atoms in total. The Morgan fingerprint density at radius 3 is 2.67 bits per heavy atom. The Balaban J connectivity index is 1.87. The van der Waals surface area contributed by atoms with Gasteiger partial charge in [-0.1, -0.05) is 17.4 Å². The number of aryl methyl sites for hydroxylation is 3. The Bertz CT molecular complexity index is 1440. The van der Waals surface area contributed by atoms with Crippen molar-refractivity contribution in [2.45, 2.75) is 20.8 Å². The van der Waals surface area contributed by atoms with E-state index < -0.39 is 5.97 Å². The molecule has 2 aromatic carbocycles. The number of nitrogens with one attached hydrogen (secondary N) is 1. The molecule has 0 unspecified atom stereocenters. The molecular weight excluding hydrogens is 442 g/mol. The Labute approximate surface area is 194 Å². The number of hydrogen-bond donors (Lipinski definition) is 2. The van der Waals surface area contributed by atoms with Crippen LogP contribution >= 0.6 is 11.3 Å². The van der Waals surface area contributed by atoms with Crippen molar-refractivity contribution in [3.05, 3.63) is 63.5 Å². The fourth-order valence-corrected chi connectivity index (χ4v) is 4.40. The fraction of sp³-hybridized carbons (Fsp3) is 0.208. The number of thiazole rings is 1. The maximum atomic E-state index is 11.9. The molecule has 2 N–H and O–H groups in total. The number of aromatic nitrogens is 1. The third-order valence-corrected chi connectivity index (χ3v) is 6.13. The van der Waals surface area contributed by atoms with E-state index in [1.165, 1.54) is 25.6 Å². The van der Waals surface area contributed by atoms with Crippen LogP contribution in [0.25, 0.3) is 22.3 Å². The van der Waals surface area contributed by atoms with E-state index in [0.29, 0.717) is 38.2 Å². The molecule has 0 aliphatic rings. The molecule has 9 heteroatoms. The van der Waals surface area contributed by atoms with Crippen LogP contribution in [0, 0.1) is 20.8 Å². The molecule has 0 amide bonds.